The van der Waals surface area contributed by atoms with Crippen LogP contribution >= 0.6 is 0 Å². The smallest absolute Gasteiger partial charge is 0.408 e. The molecule has 8 nitrogen and oxygen atoms in total. The highest BCUT2D eigenvalue weighted by molar-refractivity contribution is 7.92. The second kappa shape index (κ2) is 7.47. The van der Waals surface area contributed by atoms with Gasteiger partial charge in [0.25, 0.3) is 10.0 Å². The first kappa shape index (κ1) is 20.6. The van der Waals surface area contributed by atoms with E-state index in [1.165, 1.54) is 19.1 Å². The summed E-state index contributed by atoms with van der Waals surface area (Å²) in [5.41, 5.74) is 0.560. The summed E-state index contributed by atoms with van der Waals surface area (Å²) >= 11 is 0. The zero-order chi connectivity index (χ0) is 20.4. The number of aliphatic carboxylic acids is 1. The lowest BCUT2D eigenvalue weighted by atomic mass is 10.1. The number of carboxylic acids is 1. The monoisotopic (exact) mass is 407 g/mol. The van der Waals surface area contributed by atoms with Crippen LogP contribution in [0.3, 0.4) is 0 Å². The number of carbonyl (C=O) groups is 1. The second-order valence-electron chi connectivity index (χ2n) is 5.66. The fraction of sp³-hybridized carbons (Fsp3) is 0.333. The van der Waals surface area contributed by atoms with Crippen LogP contribution in [0.1, 0.15) is 11.1 Å². The molecule has 0 aliphatic rings. The molecule has 2 rings (SSSR count). The molecule has 2 N–H and O–H groups in total. The Balaban J connectivity index is 2.29. The van der Waals surface area contributed by atoms with Crippen LogP contribution < -0.4 is 9.46 Å². The van der Waals surface area contributed by atoms with Crippen LogP contribution in [0, 0.1) is 13.8 Å². The maximum absolute atomic E-state index is 12.6. The summed E-state index contributed by atoms with van der Waals surface area (Å²) in [6.45, 7) is 1.05. The van der Waals surface area contributed by atoms with Crippen LogP contribution in [-0.2, 0) is 21.4 Å². The molecule has 0 atom stereocenters. The van der Waals surface area contributed by atoms with Crippen molar-refractivity contribution in [2.45, 2.75) is 31.5 Å². The van der Waals surface area contributed by atoms with E-state index in [-0.39, 0.29) is 21.9 Å². The van der Waals surface area contributed by atoms with Crippen molar-refractivity contribution in [1.82, 2.24) is 9.78 Å². The van der Waals surface area contributed by atoms with Crippen LogP contribution in [0.15, 0.2) is 29.4 Å². The van der Waals surface area contributed by atoms with Gasteiger partial charge in [-0.2, -0.15) is 18.3 Å². The molecule has 0 aliphatic heterocycles. The van der Waals surface area contributed by atoms with Crippen molar-refractivity contribution in [1.29, 1.82) is 0 Å². The molecule has 0 unspecified atom stereocenters. The van der Waals surface area contributed by atoms with Crippen molar-refractivity contribution >= 4 is 21.7 Å². The Kier molecular flexibility index (Phi) is 5.68. The molecule has 0 saturated heterocycles. The zero-order valence-corrected chi connectivity index (χ0v) is 15.1. The number of halogens is 3. The average molecular weight is 407 g/mol. The molecule has 0 saturated carbocycles. The SMILES string of the molecule is Cc1ccc(S(=O)(=O)Nc2cnn(CC(F)(F)F)c2)c(C)c1OCC(=O)O. The molecule has 27 heavy (non-hydrogen) atoms. The molecule has 0 radical (unpaired) electrons. The molecule has 0 fully saturated rings. The van der Waals surface area contributed by atoms with Gasteiger partial charge in [0.05, 0.1) is 16.8 Å². The van der Waals surface area contributed by atoms with E-state index in [2.05, 4.69) is 9.82 Å². The molecular formula is C15H16F3N3O5S. The molecule has 0 aliphatic carbocycles. The van der Waals surface area contributed by atoms with Gasteiger partial charge in [-0.25, -0.2) is 13.2 Å². The topological polar surface area (TPSA) is 111 Å². The summed E-state index contributed by atoms with van der Waals surface area (Å²) in [5.74, 6) is -1.12. The van der Waals surface area contributed by atoms with Crippen molar-refractivity contribution in [3.63, 3.8) is 0 Å². The van der Waals surface area contributed by atoms with Gasteiger partial charge in [-0.05, 0) is 25.5 Å². The Bertz CT molecular complexity index is 954. The zero-order valence-electron chi connectivity index (χ0n) is 14.2. The molecule has 1 aromatic carbocycles. The number of sulfonamides is 1. The lowest BCUT2D eigenvalue weighted by molar-refractivity contribution is -0.142. The fourth-order valence-electron chi connectivity index (χ4n) is 2.35. The third-order valence-electron chi connectivity index (χ3n) is 3.41. The lowest BCUT2D eigenvalue weighted by Gasteiger charge is -2.15. The quantitative estimate of drug-likeness (QED) is 0.729. The standard InChI is InChI=1S/C15H16F3N3O5S/c1-9-3-4-12(10(2)14(9)26-7-13(22)23)27(24,25)20-11-5-19-21(6-11)8-15(16,17)18/h3-6,20H,7-8H2,1-2H3,(H,22,23). The lowest BCUT2D eigenvalue weighted by Crippen LogP contribution is -2.18. The van der Waals surface area contributed by atoms with Gasteiger partial charge in [0.1, 0.15) is 12.3 Å². The summed E-state index contributed by atoms with van der Waals surface area (Å²) in [6.07, 6.45) is -2.63. The first-order valence-electron chi connectivity index (χ1n) is 7.46. The third-order valence-corrected chi connectivity index (χ3v) is 4.94. The molecule has 2 aromatic rings. The first-order chi connectivity index (χ1) is 12.4. The van der Waals surface area contributed by atoms with Gasteiger partial charge in [-0.1, -0.05) is 6.07 Å². The van der Waals surface area contributed by atoms with E-state index in [9.17, 15) is 26.4 Å². The van der Waals surface area contributed by atoms with Crippen molar-refractivity contribution in [3.05, 3.63) is 35.7 Å². The Morgan fingerprint density at radius 3 is 2.59 bits per heavy atom. The van der Waals surface area contributed by atoms with Crippen molar-refractivity contribution < 1.29 is 36.2 Å². The number of alkyl halides is 3. The Morgan fingerprint density at radius 1 is 1.33 bits per heavy atom. The maximum Gasteiger partial charge on any atom is 0.408 e. The summed E-state index contributed by atoms with van der Waals surface area (Å²) in [6, 6.07) is 2.73. The number of carboxylic acid groups (broad SMARTS) is 1. The van der Waals surface area contributed by atoms with Crippen LogP contribution in [0.25, 0.3) is 0 Å². The number of hydrogen-bond acceptors (Lipinski definition) is 5. The normalized spacial score (nSPS) is 12.0. The predicted molar refractivity (Wildman–Crippen MR) is 88.1 cm³/mol. The Hall–Kier alpha value is -2.76. The molecule has 0 bridgehead atoms. The van der Waals surface area contributed by atoms with E-state index in [0.717, 1.165) is 12.4 Å². The number of hydrogen-bond donors (Lipinski definition) is 2. The van der Waals surface area contributed by atoms with Gasteiger partial charge in [0, 0.05) is 11.8 Å². The molecule has 0 spiro atoms. The van der Waals surface area contributed by atoms with Gasteiger partial charge in [0.15, 0.2) is 6.61 Å². The van der Waals surface area contributed by atoms with E-state index >= 15 is 0 Å². The maximum atomic E-state index is 12.6. The summed E-state index contributed by atoms with van der Waals surface area (Å²) in [5, 5.41) is 12.2. The molecule has 0 amide bonds. The van der Waals surface area contributed by atoms with Gasteiger partial charge in [0.2, 0.25) is 0 Å². The number of nitrogens with one attached hydrogen (secondary N) is 1. The number of benzene rings is 1. The highest BCUT2D eigenvalue weighted by Gasteiger charge is 2.29. The minimum absolute atomic E-state index is 0.105. The summed E-state index contributed by atoms with van der Waals surface area (Å²) in [7, 11) is -4.16. The van der Waals surface area contributed by atoms with Crippen LogP contribution in [0.2, 0.25) is 0 Å². The molecule has 1 heterocycles. The van der Waals surface area contributed by atoms with Crippen LogP contribution in [-0.4, -0.2) is 42.1 Å². The third kappa shape index (κ3) is 5.36. The number of rotatable bonds is 7. The van der Waals surface area contributed by atoms with E-state index < -0.39 is 35.3 Å². The largest absolute Gasteiger partial charge is 0.481 e. The van der Waals surface area contributed by atoms with E-state index in [1.807, 2.05) is 0 Å². The van der Waals surface area contributed by atoms with Gasteiger partial charge in [-0.15, -0.1) is 0 Å². The number of aromatic nitrogens is 2. The molecule has 148 valence electrons. The highest BCUT2D eigenvalue weighted by atomic mass is 32.2. The highest BCUT2D eigenvalue weighted by Crippen LogP contribution is 2.30. The van der Waals surface area contributed by atoms with Crippen LogP contribution in [0.5, 0.6) is 5.75 Å². The van der Waals surface area contributed by atoms with Gasteiger partial charge >= 0.3 is 12.1 Å². The summed E-state index contributed by atoms with van der Waals surface area (Å²) < 4.78 is 70.1. The van der Waals surface area contributed by atoms with E-state index in [0.29, 0.717) is 10.2 Å². The minimum atomic E-state index is -4.49. The number of aryl methyl sites for hydroxylation is 1. The average Bonchev–Trinajstić information content (AvgIpc) is 2.90. The fourth-order valence-corrected chi connectivity index (χ4v) is 3.62. The van der Waals surface area contributed by atoms with Crippen molar-refractivity contribution in [2.24, 2.45) is 0 Å². The van der Waals surface area contributed by atoms with E-state index in [1.54, 1.807) is 6.92 Å². The van der Waals surface area contributed by atoms with Crippen molar-refractivity contribution in [3.8, 4) is 5.75 Å². The first-order valence-corrected chi connectivity index (χ1v) is 8.94. The second-order valence-corrected chi connectivity index (χ2v) is 7.32. The Labute approximate surface area is 152 Å². The molecular weight excluding hydrogens is 391 g/mol. The Morgan fingerprint density at radius 2 is 2.00 bits per heavy atom. The molecule has 1 aromatic heterocycles. The predicted octanol–water partition coefficient (Wildman–Crippen LogP) is 2.33. The van der Waals surface area contributed by atoms with Crippen LogP contribution in [0.4, 0.5) is 18.9 Å². The van der Waals surface area contributed by atoms with Gasteiger partial charge < -0.3 is 9.84 Å². The van der Waals surface area contributed by atoms with Gasteiger partial charge in [-0.3, -0.25) is 9.40 Å². The summed E-state index contributed by atoms with van der Waals surface area (Å²) in [4.78, 5) is 10.5. The van der Waals surface area contributed by atoms with Crippen molar-refractivity contribution in [2.75, 3.05) is 11.3 Å². The number of nitrogens with zero attached hydrogens (tertiary/aromatic N) is 2. The minimum Gasteiger partial charge on any atom is -0.481 e. The number of ether oxygens (including phenoxy) is 1. The number of anilines is 1. The molecule has 12 heteroatoms. The van der Waals surface area contributed by atoms with E-state index in [4.69, 9.17) is 9.84 Å².